The quantitative estimate of drug-likeness (QED) is 0.680. The molecule has 0 aromatic heterocycles. The van der Waals surface area contributed by atoms with Crippen molar-refractivity contribution >= 4 is 17.6 Å². The van der Waals surface area contributed by atoms with E-state index in [9.17, 15) is 9.59 Å². The Morgan fingerprint density at radius 3 is 2.33 bits per heavy atom. The minimum atomic E-state index is -0.777. The van der Waals surface area contributed by atoms with Crippen molar-refractivity contribution in [1.29, 1.82) is 0 Å². The van der Waals surface area contributed by atoms with Crippen LogP contribution >= 0.6 is 0 Å². The molecule has 0 saturated carbocycles. The zero-order chi connectivity index (χ0) is 19.6. The summed E-state index contributed by atoms with van der Waals surface area (Å²) in [4.78, 5) is 24.2. The number of benzene rings is 2. The van der Waals surface area contributed by atoms with Gasteiger partial charge >= 0.3 is 5.97 Å². The molecule has 0 heterocycles. The van der Waals surface area contributed by atoms with Gasteiger partial charge in [-0.25, -0.2) is 4.79 Å². The molecule has 1 amide bonds. The number of methoxy groups -OCH3 is 2. The molecule has 1 atom stereocenters. The largest absolute Gasteiger partial charge is 0.493 e. The van der Waals surface area contributed by atoms with Gasteiger partial charge in [0.25, 0.3) is 5.91 Å². The third-order valence-electron chi connectivity index (χ3n) is 3.67. The molecule has 0 aliphatic heterocycles. The van der Waals surface area contributed by atoms with Crippen LogP contribution in [0.25, 0.3) is 0 Å². The first-order valence-electron chi connectivity index (χ1n) is 8.47. The molecule has 0 aliphatic rings. The van der Waals surface area contributed by atoms with E-state index >= 15 is 0 Å². The van der Waals surface area contributed by atoms with Crippen molar-refractivity contribution in [1.82, 2.24) is 0 Å². The number of para-hydroxylation sites is 1. The summed E-state index contributed by atoms with van der Waals surface area (Å²) in [5.41, 5.74) is 0.501. The Balaban J connectivity index is 1.87. The van der Waals surface area contributed by atoms with Crippen LogP contribution in [0, 0.1) is 0 Å². The van der Waals surface area contributed by atoms with E-state index in [-0.39, 0.29) is 0 Å². The predicted molar refractivity (Wildman–Crippen MR) is 100 cm³/mol. The van der Waals surface area contributed by atoms with Gasteiger partial charge < -0.3 is 24.3 Å². The first-order chi connectivity index (χ1) is 13.1. The highest BCUT2D eigenvalue weighted by Crippen LogP contribution is 2.29. The fraction of sp³-hybridized carbons (Fsp3) is 0.300. The summed E-state index contributed by atoms with van der Waals surface area (Å²) in [7, 11) is 3.03. The topological polar surface area (TPSA) is 83.1 Å². The Hall–Kier alpha value is -3.22. The van der Waals surface area contributed by atoms with Crippen molar-refractivity contribution < 1.29 is 28.5 Å². The minimum Gasteiger partial charge on any atom is -0.493 e. The molecule has 7 heteroatoms. The third-order valence-corrected chi connectivity index (χ3v) is 3.67. The molecule has 27 heavy (non-hydrogen) atoms. The van der Waals surface area contributed by atoms with Crippen molar-refractivity contribution in [2.24, 2.45) is 0 Å². The van der Waals surface area contributed by atoms with E-state index < -0.39 is 24.6 Å². The van der Waals surface area contributed by atoms with Crippen LogP contribution in [0.15, 0.2) is 48.5 Å². The number of nitrogens with one attached hydrogen (secondary N) is 1. The molecule has 2 rings (SSSR count). The van der Waals surface area contributed by atoms with Gasteiger partial charge in [-0.3, -0.25) is 4.79 Å². The van der Waals surface area contributed by atoms with E-state index in [0.717, 1.165) is 0 Å². The fourth-order valence-corrected chi connectivity index (χ4v) is 2.30. The second-order valence-corrected chi connectivity index (χ2v) is 5.55. The van der Waals surface area contributed by atoms with Gasteiger partial charge in [0.05, 0.1) is 14.2 Å². The summed E-state index contributed by atoms with van der Waals surface area (Å²) in [6, 6.07) is 13.9. The monoisotopic (exact) mass is 373 g/mol. The Kier molecular flexibility index (Phi) is 7.49. The molecule has 144 valence electrons. The lowest BCUT2D eigenvalue weighted by Crippen LogP contribution is -2.31. The SMILES string of the molecule is CC[C@@H](Oc1ccccc1)C(=O)OCC(=O)Nc1ccc(OC)c(OC)c1. The Bertz CT molecular complexity index is 762. The average molecular weight is 373 g/mol. The highest BCUT2D eigenvalue weighted by atomic mass is 16.6. The second-order valence-electron chi connectivity index (χ2n) is 5.55. The Morgan fingerprint density at radius 2 is 1.70 bits per heavy atom. The van der Waals surface area contributed by atoms with Crippen LogP contribution in [0.2, 0.25) is 0 Å². The molecular formula is C20H23NO6. The van der Waals surface area contributed by atoms with E-state index in [1.54, 1.807) is 37.3 Å². The van der Waals surface area contributed by atoms with Gasteiger partial charge in [0.1, 0.15) is 5.75 Å². The van der Waals surface area contributed by atoms with Gasteiger partial charge in [-0.05, 0) is 30.7 Å². The van der Waals surface area contributed by atoms with E-state index in [2.05, 4.69) is 5.32 Å². The lowest BCUT2D eigenvalue weighted by molar-refractivity contribution is -0.154. The highest BCUT2D eigenvalue weighted by Gasteiger charge is 2.21. The first-order valence-corrected chi connectivity index (χ1v) is 8.47. The summed E-state index contributed by atoms with van der Waals surface area (Å²) < 4.78 is 21.0. The molecule has 0 fully saturated rings. The lowest BCUT2D eigenvalue weighted by atomic mass is 10.2. The van der Waals surface area contributed by atoms with Crippen molar-refractivity contribution in [2.45, 2.75) is 19.4 Å². The molecule has 2 aromatic rings. The molecule has 1 N–H and O–H groups in total. The van der Waals surface area contributed by atoms with Gasteiger partial charge in [0, 0.05) is 11.8 Å². The molecule has 7 nitrogen and oxygen atoms in total. The van der Waals surface area contributed by atoms with E-state index in [4.69, 9.17) is 18.9 Å². The molecule has 0 aliphatic carbocycles. The lowest BCUT2D eigenvalue weighted by Gasteiger charge is -2.16. The van der Waals surface area contributed by atoms with Gasteiger partial charge in [-0.2, -0.15) is 0 Å². The number of anilines is 1. The molecule has 2 aromatic carbocycles. The van der Waals surface area contributed by atoms with Crippen LogP contribution in [-0.4, -0.2) is 38.8 Å². The predicted octanol–water partition coefficient (Wildman–Crippen LogP) is 3.04. The van der Waals surface area contributed by atoms with Crippen molar-refractivity contribution in [3.05, 3.63) is 48.5 Å². The maximum atomic E-state index is 12.2. The van der Waals surface area contributed by atoms with Crippen LogP contribution in [0.3, 0.4) is 0 Å². The smallest absolute Gasteiger partial charge is 0.347 e. The molecule has 0 unspecified atom stereocenters. The molecule has 0 bridgehead atoms. The zero-order valence-corrected chi connectivity index (χ0v) is 15.6. The molecule has 0 radical (unpaired) electrons. The number of carbonyl (C=O) groups excluding carboxylic acids is 2. The first kappa shape index (κ1) is 20.1. The van der Waals surface area contributed by atoms with Crippen LogP contribution in [0.4, 0.5) is 5.69 Å². The number of hydrogen-bond donors (Lipinski definition) is 1. The fourth-order valence-electron chi connectivity index (χ4n) is 2.30. The normalized spacial score (nSPS) is 11.2. The summed E-state index contributed by atoms with van der Waals surface area (Å²) in [6.45, 7) is 1.39. The van der Waals surface area contributed by atoms with Crippen molar-refractivity contribution in [2.75, 3.05) is 26.1 Å². The van der Waals surface area contributed by atoms with E-state index in [0.29, 0.717) is 29.4 Å². The highest BCUT2D eigenvalue weighted by molar-refractivity contribution is 5.93. The van der Waals surface area contributed by atoms with E-state index in [1.807, 2.05) is 18.2 Å². The van der Waals surface area contributed by atoms with Crippen molar-refractivity contribution in [3.63, 3.8) is 0 Å². The van der Waals surface area contributed by atoms with Crippen molar-refractivity contribution in [3.8, 4) is 17.2 Å². The number of rotatable bonds is 9. The second kappa shape index (κ2) is 10.1. The van der Waals surface area contributed by atoms with Crippen LogP contribution in [0.1, 0.15) is 13.3 Å². The minimum absolute atomic E-state index is 0.415. The standard InChI is InChI=1S/C20H23NO6/c1-4-16(27-15-8-6-5-7-9-15)20(23)26-13-19(22)21-14-10-11-17(24-2)18(12-14)25-3/h5-12,16H,4,13H2,1-3H3,(H,21,22)/t16-/m1/s1. The number of ether oxygens (including phenoxy) is 4. The number of esters is 1. The zero-order valence-electron chi connectivity index (χ0n) is 15.6. The summed E-state index contributed by atoms with van der Waals surface area (Å²) in [6.07, 6.45) is -0.355. The molecular weight excluding hydrogens is 350 g/mol. The van der Waals surface area contributed by atoms with Crippen LogP contribution < -0.4 is 19.5 Å². The average Bonchev–Trinajstić information content (AvgIpc) is 2.70. The third kappa shape index (κ3) is 5.91. The van der Waals surface area contributed by atoms with Gasteiger partial charge in [0.15, 0.2) is 24.2 Å². The number of carbonyl (C=O) groups is 2. The number of hydrogen-bond acceptors (Lipinski definition) is 6. The van der Waals surface area contributed by atoms with Gasteiger partial charge in [0.2, 0.25) is 0 Å². The summed E-state index contributed by atoms with van der Waals surface area (Å²) in [5.74, 6) is 0.533. The van der Waals surface area contributed by atoms with Crippen LogP contribution in [0.5, 0.6) is 17.2 Å². The Labute approximate surface area is 158 Å². The van der Waals surface area contributed by atoms with Crippen LogP contribution in [-0.2, 0) is 14.3 Å². The number of amides is 1. The summed E-state index contributed by atoms with van der Waals surface area (Å²) in [5, 5.41) is 2.64. The molecule has 0 spiro atoms. The van der Waals surface area contributed by atoms with E-state index in [1.165, 1.54) is 14.2 Å². The maximum absolute atomic E-state index is 12.2. The van der Waals surface area contributed by atoms with Gasteiger partial charge in [-0.1, -0.05) is 25.1 Å². The maximum Gasteiger partial charge on any atom is 0.347 e. The summed E-state index contributed by atoms with van der Waals surface area (Å²) >= 11 is 0. The van der Waals surface area contributed by atoms with Gasteiger partial charge in [-0.15, -0.1) is 0 Å². The molecule has 0 saturated heterocycles. The Morgan fingerprint density at radius 1 is 1.00 bits per heavy atom.